The summed E-state index contributed by atoms with van der Waals surface area (Å²) in [5.74, 6) is -0.720. The van der Waals surface area contributed by atoms with E-state index < -0.39 is 17.0 Å². The molecule has 16 heavy (non-hydrogen) atoms. The van der Waals surface area contributed by atoms with Gasteiger partial charge in [-0.15, -0.1) is 11.8 Å². The molecule has 0 aliphatic carbocycles. The van der Waals surface area contributed by atoms with E-state index in [1.54, 1.807) is 6.20 Å². The number of carbonyl (C=O) groups is 1. The summed E-state index contributed by atoms with van der Waals surface area (Å²) in [4.78, 5) is 14.6. The van der Waals surface area contributed by atoms with Crippen LogP contribution in [0, 0.1) is 11.7 Å². The highest BCUT2D eigenvalue weighted by molar-refractivity contribution is 7.99. The number of halogens is 1. The summed E-state index contributed by atoms with van der Waals surface area (Å²) in [6.45, 7) is 3.71. The lowest BCUT2D eigenvalue weighted by Gasteiger charge is -2.15. The van der Waals surface area contributed by atoms with Crippen LogP contribution in [0.15, 0.2) is 18.5 Å². The first-order chi connectivity index (χ1) is 7.50. The molecule has 0 fully saturated rings. The maximum Gasteiger partial charge on any atom is 0.316 e. The van der Waals surface area contributed by atoms with E-state index in [9.17, 15) is 9.18 Å². The molecular formula is C11H14FNO2S. The number of hydrogen-bond acceptors (Lipinski definition) is 3. The minimum atomic E-state index is -0.829. The number of hydrogen-bond donors (Lipinski definition) is 1. The van der Waals surface area contributed by atoms with Crippen molar-refractivity contribution in [3.63, 3.8) is 0 Å². The van der Waals surface area contributed by atoms with Crippen LogP contribution in [0.3, 0.4) is 0 Å². The third kappa shape index (κ3) is 3.81. The topological polar surface area (TPSA) is 50.2 Å². The largest absolute Gasteiger partial charge is 0.480 e. The monoisotopic (exact) mass is 243 g/mol. The Morgan fingerprint density at radius 1 is 1.56 bits per heavy atom. The molecule has 1 atom stereocenters. The molecule has 0 aliphatic rings. The lowest BCUT2D eigenvalue weighted by atomic mass is 10.1. The molecule has 1 heterocycles. The fourth-order valence-corrected chi connectivity index (χ4v) is 2.33. The molecule has 0 aromatic carbocycles. The lowest BCUT2D eigenvalue weighted by molar-refractivity contribution is -0.137. The van der Waals surface area contributed by atoms with Crippen molar-refractivity contribution in [3.8, 4) is 0 Å². The molecule has 0 aliphatic heterocycles. The molecule has 0 bridgehead atoms. The molecule has 88 valence electrons. The Labute approximate surface area is 98.1 Å². The van der Waals surface area contributed by atoms with Crippen LogP contribution in [0.4, 0.5) is 4.39 Å². The highest BCUT2D eigenvalue weighted by Crippen LogP contribution is 2.23. The fourth-order valence-electron chi connectivity index (χ4n) is 1.27. The minimum Gasteiger partial charge on any atom is -0.480 e. The third-order valence-corrected chi connectivity index (χ3v) is 3.65. The second-order valence-electron chi connectivity index (χ2n) is 3.83. The van der Waals surface area contributed by atoms with Gasteiger partial charge in [-0.2, -0.15) is 0 Å². The van der Waals surface area contributed by atoms with Crippen molar-refractivity contribution >= 4 is 17.7 Å². The van der Waals surface area contributed by atoms with E-state index >= 15 is 0 Å². The molecule has 0 saturated heterocycles. The molecule has 1 unspecified atom stereocenters. The van der Waals surface area contributed by atoms with Gasteiger partial charge in [0.15, 0.2) is 0 Å². The van der Waals surface area contributed by atoms with Gasteiger partial charge in [-0.3, -0.25) is 9.78 Å². The Morgan fingerprint density at radius 2 is 2.25 bits per heavy atom. The molecule has 1 aromatic rings. The Kier molecular flexibility index (Phi) is 4.73. The van der Waals surface area contributed by atoms with E-state index in [0.29, 0.717) is 11.3 Å². The summed E-state index contributed by atoms with van der Waals surface area (Å²) in [7, 11) is 0. The van der Waals surface area contributed by atoms with Crippen LogP contribution in [-0.4, -0.2) is 21.3 Å². The number of thioether (sulfide) groups is 1. The van der Waals surface area contributed by atoms with E-state index in [1.807, 2.05) is 13.8 Å². The zero-order valence-electron chi connectivity index (χ0n) is 9.18. The van der Waals surface area contributed by atoms with Gasteiger partial charge in [0.25, 0.3) is 0 Å². The first-order valence-electron chi connectivity index (χ1n) is 4.94. The Morgan fingerprint density at radius 3 is 2.75 bits per heavy atom. The Balaban J connectivity index is 2.59. The average Bonchev–Trinajstić information content (AvgIpc) is 2.16. The van der Waals surface area contributed by atoms with Crippen molar-refractivity contribution in [3.05, 3.63) is 29.8 Å². The molecule has 1 N–H and O–H groups in total. The van der Waals surface area contributed by atoms with Gasteiger partial charge >= 0.3 is 5.97 Å². The van der Waals surface area contributed by atoms with Gasteiger partial charge in [0.1, 0.15) is 11.1 Å². The summed E-state index contributed by atoms with van der Waals surface area (Å²) < 4.78 is 12.8. The number of pyridine rings is 1. The molecular weight excluding hydrogens is 229 g/mol. The number of aromatic nitrogens is 1. The number of carboxylic acid groups (broad SMARTS) is 1. The first kappa shape index (κ1) is 13.0. The van der Waals surface area contributed by atoms with E-state index in [0.717, 1.165) is 6.20 Å². The normalized spacial score (nSPS) is 12.8. The van der Waals surface area contributed by atoms with Crippen LogP contribution in [0.5, 0.6) is 0 Å². The maximum atomic E-state index is 12.8. The van der Waals surface area contributed by atoms with Crippen molar-refractivity contribution in [1.29, 1.82) is 0 Å². The molecule has 3 nitrogen and oxygen atoms in total. The quantitative estimate of drug-likeness (QED) is 0.863. The molecule has 5 heteroatoms. The van der Waals surface area contributed by atoms with Crippen molar-refractivity contribution in [1.82, 2.24) is 4.98 Å². The van der Waals surface area contributed by atoms with Gasteiger partial charge < -0.3 is 5.11 Å². The number of carboxylic acids is 1. The van der Waals surface area contributed by atoms with Gasteiger partial charge in [-0.25, -0.2) is 4.39 Å². The Bertz CT molecular complexity index is 371. The van der Waals surface area contributed by atoms with Crippen LogP contribution in [0.1, 0.15) is 19.4 Å². The summed E-state index contributed by atoms with van der Waals surface area (Å²) in [6, 6.07) is 1.37. The smallest absolute Gasteiger partial charge is 0.316 e. The fraction of sp³-hybridized carbons (Fsp3) is 0.455. The predicted molar refractivity (Wildman–Crippen MR) is 61.8 cm³/mol. The number of aliphatic carboxylic acids is 1. The van der Waals surface area contributed by atoms with Crippen LogP contribution in [0.25, 0.3) is 0 Å². The van der Waals surface area contributed by atoms with Crippen LogP contribution >= 0.6 is 11.8 Å². The van der Waals surface area contributed by atoms with Gasteiger partial charge in [0, 0.05) is 11.9 Å². The second-order valence-corrected chi connectivity index (χ2v) is 4.96. The van der Waals surface area contributed by atoms with E-state index in [4.69, 9.17) is 5.11 Å². The molecule has 0 amide bonds. The molecule has 1 aromatic heterocycles. The standard InChI is InChI=1S/C11H14FNO2S/c1-7(2)10(11(14)15)16-6-8-3-9(12)5-13-4-8/h3-5,7,10H,6H2,1-2H3,(H,14,15). The number of rotatable bonds is 5. The van der Waals surface area contributed by atoms with E-state index in [1.165, 1.54) is 17.8 Å². The highest BCUT2D eigenvalue weighted by Gasteiger charge is 2.21. The van der Waals surface area contributed by atoms with Crippen LogP contribution in [0.2, 0.25) is 0 Å². The predicted octanol–water partition coefficient (Wildman–Crippen LogP) is 2.56. The average molecular weight is 243 g/mol. The van der Waals surface area contributed by atoms with Gasteiger partial charge in [0.2, 0.25) is 0 Å². The van der Waals surface area contributed by atoms with Gasteiger partial charge in [-0.05, 0) is 17.5 Å². The number of nitrogens with zero attached hydrogens (tertiary/aromatic N) is 1. The summed E-state index contributed by atoms with van der Waals surface area (Å²) >= 11 is 1.29. The zero-order valence-corrected chi connectivity index (χ0v) is 10.00. The molecule has 0 spiro atoms. The maximum absolute atomic E-state index is 12.8. The van der Waals surface area contributed by atoms with E-state index in [-0.39, 0.29) is 5.92 Å². The van der Waals surface area contributed by atoms with Crippen molar-refractivity contribution in [2.45, 2.75) is 24.9 Å². The molecule has 0 radical (unpaired) electrons. The van der Waals surface area contributed by atoms with Gasteiger partial charge in [0.05, 0.1) is 6.20 Å². The van der Waals surface area contributed by atoms with Crippen LogP contribution in [-0.2, 0) is 10.5 Å². The third-order valence-electron chi connectivity index (χ3n) is 2.04. The van der Waals surface area contributed by atoms with Crippen molar-refractivity contribution < 1.29 is 14.3 Å². The van der Waals surface area contributed by atoms with Crippen molar-refractivity contribution in [2.75, 3.05) is 0 Å². The first-order valence-corrected chi connectivity index (χ1v) is 5.99. The summed E-state index contributed by atoms with van der Waals surface area (Å²) in [6.07, 6.45) is 2.68. The highest BCUT2D eigenvalue weighted by atomic mass is 32.2. The van der Waals surface area contributed by atoms with E-state index in [2.05, 4.69) is 4.98 Å². The van der Waals surface area contributed by atoms with Crippen molar-refractivity contribution in [2.24, 2.45) is 5.92 Å². The molecule has 1 rings (SSSR count). The second kappa shape index (κ2) is 5.84. The van der Waals surface area contributed by atoms with Gasteiger partial charge in [-0.1, -0.05) is 13.8 Å². The summed E-state index contributed by atoms with van der Waals surface area (Å²) in [5.41, 5.74) is 0.705. The SMILES string of the molecule is CC(C)C(SCc1cncc(F)c1)C(=O)O. The summed E-state index contributed by atoms with van der Waals surface area (Å²) in [5, 5.41) is 8.50. The minimum absolute atomic E-state index is 0.0454. The Hall–Kier alpha value is -1.10. The van der Waals surface area contributed by atoms with Crippen LogP contribution < -0.4 is 0 Å². The lowest BCUT2D eigenvalue weighted by Crippen LogP contribution is -2.22. The molecule has 0 saturated carbocycles. The zero-order chi connectivity index (χ0) is 12.1.